The molecule has 0 radical (unpaired) electrons. The van der Waals surface area contributed by atoms with E-state index in [4.69, 9.17) is 0 Å². The van der Waals surface area contributed by atoms with Gasteiger partial charge in [-0.1, -0.05) is 18.2 Å². The summed E-state index contributed by atoms with van der Waals surface area (Å²) >= 11 is 0. The number of carbonyl (C=O) groups is 2. The van der Waals surface area contributed by atoms with E-state index < -0.39 is 0 Å². The lowest BCUT2D eigenvalue weighted by atomic mass is 10.1. The number of rotatable bonds is 5. The van der Waals surface area contributed by atoms with Crippen LogP contribution in [0.1, 0.15) is 24.8 Å². The number of hydrogen-bond donors (Lipinski definition) is 1. The van der Waals surface area contributed by atoms with E-state index in [9.17, 15) is 14.0 Å². The third-order valence-electron chi connectivity index (χ3n) is 4.95. The van der Waals surface area contributed by atoms with Crippen LogP contribution in [-0.4, -0.2) is 29.9 Å². The Balaban J connectivity index is 1.48. The van der Waals surface area contributed by atoms with Crippen molar-refractivity contribution in [1.29, 1.82) is 0 Å². The minimum atomic E-state index is -0.298. The monoisotopic (exact) mass is 367 g/mol. The Morgan fingerprint density at radius 2 is 1.93 bits per heavy atom. The Morgan fingerprint density at radius 3 is 2.70 bits per heavy atom. The first-order chi connectivity index (χ1) is 13.1. The van der Waals surface area contributed by atoms with E-state index >= 15 is 0 Å². The van der Waals surface area contributed by atoms with Crippen LogP contribution in [0.15, 0.2) is 48.5 Å². The molecule has 1 N–H and O–H groups in total. The number of hydrogen-bond acceptors (Lipinski definition) is 2. The molecule has 5 nitrogen and oxygen atoms in total. The molecule has 2 fully saturated rings. The second-order valence-electron chi connectivity index (χ2n) is 7.15. The maximum absolute atomic E-state index is 13.4. The molecule has 1 saturated carbocycles. The van der Waals surface area contributed by atoms with E-state index in [0.29, 0.717) is 25.3 Å². The van der Waals surface area contributed by atoms with Crippen molar-refractivity contribution in [2.24, 2.45) is 5.92 Å². The molecule has 3 amide bonds. The normalized spacial score (nSPS) is 17.1. The number of nitrogens with one attached hydrogen (secondary N) is 1. The molecule has 0 aromatic heterocycles. The van der Waals surface area contributed by atoms with Crippen LogP contribution in [0.5, 0.6) is 0 Å². The van der Waals surface area contributed by atoms with Crippen LogP contribution in [0.3, 0.4) is 0 Å². The van der Waals surface area contributed by atoms with E-state index in [1.165, 1.54) is 12.1 Å². The van der Waals surface area contributed by atoms with E-state index in [0.717, 1.165) is 30.5 Å². The van der Waals surface area contributed by atoms with Gasteiger partial charge in [-0.05, 0) is 55.2 Å². The maximum Gasteiger partial charge on any atom is 0.324 e. The number of carbonyl (C=O) groups excluding carboxylic acids is 2. The van der Waals surface area contributed by atoms with Crippen LogP contribution in [0.2, 0.25) is 0 Å². The van der Waals surface area contributed by atoms with Gasteiger partial charge in [0.2, 0.25) is 5.91 Å². The first kappa shape index (κ1) is 17.5. The Labute approximate surface area is 157 Å². The van der Waals surface area contributed by atoms with Gasteiger partial charge in [0.1, 0.15) is 5.82 Å². The molecule has 2 aliphatic rings. The quantitative estimate of drug-likeness (QED) is 0.868. The van der Waals surface area contributed by atoms with Gasteiger partial charge in [-0.2, -0.15) is 0 Å². The minimum absolute atomic E-state index is 0.0462. The second-order valence-corrected chi connectivity index (χ2v) is 7.15. The van der Waals surface area contributed by atoms with Gasteiger partial charge < -0.3 is 10.2 Å². The van der Waals surface area contributed by atoms with E-state index in [1.807, 2.05) is 30.3 Å². The average molecular weight is 367 g/mol. The molecule has 1 aliphatic heterocycles. The standard InChI is InChI=1S/C21H22FN3O2/c22-17-5-1-4-15(12-17)14-24-10-3-11-25(21(24)27)19-7-2-6-18(13-19)23-20(26)16-8-9-16/h1-2,4-7,12-13,16H,3,8-11,14H2,(H,23,26). The van der Waals surface area contributed by atoms with Crippen molar-refractivity contribution in [3.05, 3.63) is 59.9 Å². The number of urea groups is 1. The maximum atomic E-state index is 13.4. The molecule has 0 unspecified atom stereocenters. The SMILES string of the molecule is O=C(Nc1cccc(N2CCCN(Cc3cccc(F)c3)C2=O)c1)C1CC1. The highest BCUT2D eigenvalue weighted by Crippen LogP contribution is 2.31. The van der Waals surface area contributed by atoms with Gasteiger partial charge in [0, 0.05) is 36.9 Å². The molecule has 140 valence electrons. The zero-order valence-electron chi connectivity index (χ0n) is 15.0. The molecule has 1 aliphatic carbocycles. The third-order valence-corrected chi connectivity index (χ3v) is 4.95. The zero-order valence-corrected chi connectivity index (χ0v) is 15.0. The van der Waals surface area contributed by atoms with Gasteiger partial charge in [0.25, 0.3) is 0 Å². The van der Waals surface area contributed by atoms with Crippen LogP contribution < -0.4 is 10.2 Å². The van der Waals surface area contributed by atoms with E-state index in [-0.39, 0.29) is 23.7 Å². The molecule has 4 rings (SSSR count). The molecule has 2 aromatic carbocycles. The van der Waals surface area contributed by atoms with Gasteiger partial charge in [-0.25, -0.2) is 9.18 Å². The Kier molecular flexibility index (Phi) is 4.79. The lowest BCUT2D eigenvalue weighted by Crippen LogP contribution is -2.49. The fourth-order valence-electron chi connectivity index (χ4n) is 3.37. The molecule has 0 spiro atoms. The molecule has 1 heterocycles. The number of amides is 3. The smallest absolute Gasteiger partial charge is 0.324 e. The predicted octanol–water partition coefficient (Wildman–Crippen LogP) is 4.01. The van der Waals surface area contributed by atoms with E-state index in [1.54, 1.807) is 15.9 Å². The van der Waals surface area contributed by atoms with Crippen molar-refractivity contribution in [2.45, 2.75) is 25.8 Å². The van der Waals surface area contributed by atoms with Crippen molar-refractivity contribution < 1.29 is 14.0 Å². The highest BCUT2D eigenvalue weighted by Gasteiger charge is 2.30. The average Bonchev–Trinajstić information content (AvgIpc) is 3.49. The molecule has 6 heteroatoms. The van der Waals surface area contributed by atoms with Gasteiger partial charge in [-0.3, -0.25) is 9.69 Å². The lowest BCUT2D eigenvalue weighted by molar-refractivity contribution is -0.117. The minimum Gasteiger partial charge on any atom is -0.326 e. The Hall–Kier alpha value is -2.89. The van der Waals surface area contributed by atoms with Crippen LogP contribution in [-0.2, 0) is 11.3 Å². The Morgan fingerprint density at radius 1 is 1.11 bits per heavy atom. The molecule has 1 saturated heterocycles. The number of nitrogens with zero attached hydrogens (tertiary/aromatic N) is 2. The molecule has 0 bridgehead atoms. The van der Waals surface area contributed by atoms with Gasteiger partial charge >= 0.3 is 6.03 Å². The fourth-order valence-corrected chi connectivity index (χ4v) is 3.37. The van der Waals surface area contributed by atoms with Crippen LogP contribution in [0.4, 0.5) is 20.6 Å². The van der Waals surface area contributed by atoms with Crippen molar-refractivity contribution in [3.63, 3.8) is 0 Å². The van der Waals surface area contributed by atoms with Crippen LogP contribution >= 0.6 is 0 Å². The predicted molar refractivity (Wildman–Crippen MR) is 102 cm³/mol. The summed E-state index contributed by atoms with van der Waals surface area (Å²) in [6, 6.07) is 13.6. The van der Waals surface area contributed by atoms with Crippen molar-refractivity contribution >= 4 is 23.3 Å². The first-order valence-electron chi connectivity index (χ1n) is 9.32. The Bertz CT molecular complexity index is 866. The summed E-state index contributed by atoms with van der Waals surface area (Å²) in [6.07, 6.45) is 2.73. The summed E-state index contributed by atoms with van der Waals surface area (Å²) in [7, 11) is 0. The molecule has 27 heavy (non-hydrogen) atoms. The highest BCUT2D eigenvalue weighted by molar-refractivity contribution is 5.96. The van der Waals surface area contributed by atoms with Crippen molar-refractivity contribution in [1.82, 2.24) is 4.90 Å². The molecular weight excluding hydrogens is 345 g/mol. The van der Waals surface area contributed by atoms with Crippen molar-refractivity contribution in [2.75, 3.05) is 23.3 Å². The summed E-state index contributed by atoms with van der Waals surface area (Å²) in [4.78, 5) is 28.4. The van der Waals surface area contributed by atoms with Crippen molar-refractivity contribution in [3.8, 4) is 0 Å². The fraction of sp³-hybridized carbons (Fsp3) is 0.333. The summed E-state index contributed by atoms with van der Waals surface area (Å²) in [5.74, 6) is -0.121. The summed E-state index contributed by atoms with van der Waals surface area (Å²) in [6.45, 7) is 1.65. The van der Waals surface area contributed by atoms with Gasteiger partial charge in [0.15, 0.2) is 0 Å². The molecule has 0 atom stereocenters. The largest absolute Gasteiger partial charge is 0.326 e. The van der Waals surface area contributed by atoms with Crippen LogP contribution in [0.25, 0.3) is 0 Å². The molecular formula is C21H22FN3O2. The molecule has 2 aromatic rings. The van der Waals surface area contributed by atoms with Gasteiger partial charge in [-0.15, -0.1) is 0 Å². The highest BCUT2D eigenvalue weighted by atomic mass is 19.1. The number of halogens is 1. The zero-order chi connectivity index (χ0) is 18.8. The first-order valence-corrected chi connectivity index (χ1v) is 9.32. The summed E-state index contributed by atoms with van der Waals surface area (Å²) < 4.78 is 13.4. The topological polar surface area (TPSA) is 52.7 Å². The van der Waals surface area contributed by atoms with Gasteiger partial charge in [0.05, 0.1) is 0 Å². The van der Waals surface area contributed by atoms with E-state index in [2.05, 4.69) is 5.32 Å². The van der Waals surface area contributed by atoms with Crippen LogP contribution in [0, 0.1) is 11.7 Å². The number of anilines is 2. The summed E-state index contributed by atoms with van der Waals surface area (Å²) in [5.41, 5.74) is 2.24. The number of benzene rings is 2. The third kappa shape index (κ3) is 4.10. The lowest BCUT2D eigenvalue weighted by Gasteiger charge is -2.36. The second kappa shape index (κ2) is 7.39. The summed E-state index contributed by atoms with van der Waals surface area (Å²) in [5, 5.41) is 2.92.